The zero-order valence-electron chi connectivity index (χ0n) is 12.6. The van der Waals surface area contributed by atoms with Crippen molar-refractivity contribution in [2.24, 2.45) is 0 Å². The van der Waals surface area contributed by atoms with Crippen LogP contribution in [0.25, 0.3) is 0 Å². The summed E-state index contributed by atoms with van der Waals surface area (Å²) in [6, 6.07) is 0. The molecule has 0 aromatic heterocycles. The van der Waals surface area contributed by atoms with Gasteiger partial charge in [0.1, 0.15) is 7.85 Å². The Morgan fingerprint density at radius 2 is 1.47 bits per heavy atom. The van der Waals surface area contributed by atoms with Gasteiger partial charge < -0.3 is 0 Å². The molecule has 0 saturated heterocycles. The second-order valence-corrected chi connectivity index (χ2v) is 5.70. The minimum atomic E-state index is -0.551. The van der Waals surface area contributed by atoms with Crippen LogP contribution in [0.5, 0.6) is 0 Å². The monoisotopic (exact) mass is 239 g/mol. The molecule has 0 heterocycles. The fourth-order valence-corrected chi connectivity index (χ4v) is 2.96. The van der Waals surface area contributed by atoms with Gasteiger partial charge in [-0.1, -0.05) is 44.3 Å². The fourth-order valence-electron chi connectivity index (χ4n) is 2.96. The Hall–Kier alpha value is -0.390. The highest BCUT2D eigenvalue weighted by atomic mass is 14.2. The van der Waals surface area contributed by atoms with E-state index in [1.807, 2.05) is 6.92 Å². The summed E-state index contributed by atoms with van der Waals surface area (Å²) in [7, 11) is 25.6. The Kier molecular flexibility index (Phi) is 5.59. The zero-order valence-corrected chi connectivity index (χ0v) is 12.6. The van der Waals surface area contributed by atoms with Gasteiger partial charge in [0.2, 0.25) is 0 Å². The summed E-state index contributed by atoms with van der Waals surface area (Å²) >= 11 is 0. The smallest absolute Gasteiger partial charge is 0.103 e. The van der Waals surface area contributed by atoms with Gasteiger partial charge in [-0.25, -0.2) is 0 Å². The standard InChI is InChI=1S/C13H17B6/c1-6(2)9-8(5)13(19(16)17)12(18-15)10(7(3)4)11(9)14/h6-7H,1-5H3. The highest BCUT2D eigenvalue weighted by molar-refractivity contribution is 7.36. The van der Waals surface area contributed by atoms with Crippen molar-refractivity contribution in [1.82, 2.24) is 0 Å². The molecule has 9 radical (unpaired) electrons. The van der Waals surface area contributed by atoms with Crippen molar-refractivity contribution in [2.75, 3.05) is 0 Å². The van der Waals surface area contributed by atoms with E-state index in [2.05, 4.69) is 27.7 Å². The maximum atomic E-state index is 6.37. The van der Waals surface area contributed by atoms with E-state index in [0.717, 1.165) is 33.1 Å². The van der Waals surface area contributed by atoms with Gasteiger partial charge in [0.25, 0.3) is 0 Å². The minimum absolute atomic E-state index is 0.269. The van der Waals surface area contributed by atoms with Gasteiger partial charge >= 0.3 is 0 Å². The molecular weight excluding hydrogens is 221 g/mol. The van der Waals surface area contributed by atoms with E-state index >= 15 is 0 Å². The topological polar surface area (TPSA) is 0 Å². The Labute approximate surface area is 124 Å². The largest absolute Gasteiger partial charge is 0.114 e. The number of hydrogen-bond acceptors (Lipinski definition) is 0. The van der Waals surface area contributed by atoms with Crippen LogP contribution in [0.4, 0.5) is 0 Å². The van der Waals surface area contributed by atoms with Crippen molar-refractivity contribution < 1.29 is 0 Å². The lowest BCUT2D eigenvalue weighted by Crippen LogP contribution is -2.52. The molecule has 0 fully saturated rings. The predicted octanol–water partition coefficient (Wildman–Crippen LogP) is -0.519. The van der Waals surface area contributed by atoms with Gasteiger partial charge in [-0.05, 0) is 24.3 Å². The number of rotatable bonds is 4. The number of hydrogen-bond donors (Lipinski definition) is 0. The van der Waals surface area contributed by atoms with E-state index in [1.165, 1.54) is 0 Å². The maximum Gasteiger partial charge on any atom is 0.114 e. The van der Waals surface area contributed by atoms with Crippen molar-refractivity contribution >= 4 is 61.1 Å². The lowest BCUT2D eigenvalue weighted by molar-refractivity contribution is 0.845. The number of benzene rings is 1. The van der Waals surface area contributed by atoms with Crippen molar-refractivity contribution in [2.45, 2.75) is 46.5 Å². The van der Waals surface area contributed by atoms with Gasteiger partial charge in [-0.2, -0.15) is 0 Å². The van der Waals surface area contributed by atoms with Crippen LogP contribution >= 0.6 is 0 Å². The normalized spacial score (nSPS) is 11.1. The highest BCUT2D eigenvalue weighted by Gasteiger charge is 2.22. The second kappa shape index (κ2) is 6.37. The predicted molar refractivity (Wildman–Crippen MR) is 92.8 cm³/mol. The average molecular weight is 238 g/mol. The lowest BCUT2D eigenvalue weighted by Gasteiger charge is -2.29. The van der Waals surface area contributed by atoms with Crippen molar-refractivity contribution in [3.05, 3.63) is 16.7 Å². The Bertz CT molecular complexity index is 430. The van der Waals surface area contributed by atoms with Crippen LogP contribution in [0, 0.1) is 6.92 Å². The Morgan fingerprint density at radius 1 is 1.00 bits per heavy atom. The molecule has 87 valence electrons. The van der Waals surface area contributed by atoms with Crippen LogP contribution in [-0.2, 0) is 0 Å². The maximum absolute atomic E-state index is 6.37. The Morgan fingerprint density at radius 3 is 1.79 bits per heavy atom. The van der Waals surface area contributed by atoms with E-state index in [-0.39, 0.29) is 5.92 Å². The zero-order chi connectivity index (χ0) is 14.9. The summed E-state index contributed by atoms with van der Waals surface area (Å²) in [5, 5.41) is 0. The van der Waals surface area contributed by atoms with Gasteiger partial charge in [0.05, 0.1) is 13.7 Å². The van der Waals surface area contributed by atoms with Gasteiger partial charge in [-0.3, -0.25) is 0 Å². The lowest BCUT2D eigenvalue weighted by atomic mass is 9.14. The third kappa shape index (κ3) is 3.03. The molecule has 0 bridgehead atoms. The summed E-state index contributed by atoms with van der Waals surface area (Å²) in [5.41, 5.74) is 5.86. The summed E-state index contributed by atoms with van der Waals surface area (Å²) in [4.78, 5) is 0. The van der Waals surface area contributed by atoms with Crippen LogP contribution in [0.1, 0.15) is 56.2 Å². The third-order valence-corrected chi connectivity index (χ3v) is 3.62. The Balaban J connectivity index is 3.82. The van der Waals surface area contributed by atoms with Crippen LogP contribution in [0.15, 0.2) is 0 Å². The summed E-state index contributed by atoms with van der Waals surface area (Å²) in [5.74, 6) is 0.590. The molecule has 6 heteroatoms. The SMILES string of the molecule is [B][B]c1c(B([B])[B])c(C)c(C(C)C)c([B])c1C(C)C. The van der Waals surface area contributed by atoms with Crippen LogP contribution in [-0.4, -0.2) is 44.7 Å². The molecule has 0 saturated carbocycles. The molecule has 1 aromatic rings. The molecule has 0 aliphatic heterocycles. The van der Waals surface area contributed by atoms with Gasteiger partial charge in [-0.15, -0.1) is 10.9 Å². The first-order chi connectivity index (χ1) is 8.73. The molecular formula is C13H17B6. The van der Waals surface area contributed by atoms with E-state index < -0.39 is 6.49 Å². The molecule has 1 rings (SSSR count). The third-order valence-electron chi connectivity index (χ3n) is 3.62. The molecule has 0 spiro atoms. The summed E-state index contributed by atoms with van der Waals surface area (Å²) in [6.45, 7) is 9.92. The average Bonchev–Trinajstić information content (AvgIpc) is 2.25. The van der Waals surface area contributed by atoms with Crippen LogP contribution in [0.3, 0.4) is 0 Å². The molecule has 1 aromatic carbocycles. The van der Waals surface area contributed by atoms with E-state index in [9.17, 15) is 0 Å². The van der Waals surface area contributed by atoms with E-state index in [1.54, 1.807) is 7.17 Å². The van der Waals surface area contributed by atoms with E-state index in [0.29, 0.717) is 5.92 Å². The van der Waals surface area contributed by atoms with Crippen molar-refractivity contribution in [3.8, 4) is 0 Å². The first-order valence-corrected chi connectivity index (χ1v) is 6.75. The van der Waals surface area contributed by atoms with E-state index in [4.69, 9.17) is 31.1 Å². The van der Waals surface area contributed by atoms with Crippen LogP contribution in [0.2, 0.25) is 0 Å². The van der Waals surface area contributed by atoms with Gasteiger partial charge in [0, 0.05) is 23.2 Å². The van der Waals surface area contributed by atoms with Gasteiger partial charge in [0.15, 0.2) is 0 Å². The summed E-state index contributed by atoms with van der Waals surface area (Å²) < 4.78 is 0. The molecule has 0 unspecified atom stereocenters. The molecule has 0 nitrogen and oxygen atoms in total. The van der Waals surface area contributed by atoms with Crippen LogP contribution < -0.4 is 16.4 Å². The minimum Gasteiger partial charge on any atom is -0.103 e. The molecule has 0 atom stereocenters. The quantitative estimate of drug-likeness (QED) is 0.619. The molecule has 0 amide bonds. The first kappa shape index (κ1) is 16.7. The molecule has 0 aliphatic rings. The molecule has 0 N–H and O–H groups in total. The van der Waals surface area contributed by atoms with Crippen molar-refractivity contribution in [1.29, 1.82) is 0 Å². The first-order valence-electron chi connectivity index (χ1n) is 6.75. The molecule has 0 aliphatic carbocycles. The summed E-state index contributed by atoms with van der Waals surface area (Å²) in [6.07, 6.45) is 0. The highest BCUT2D eigenvalue weighted by Crippen LogP contribution is 2.19. The molecule has 19 heavy (non-hydrogen) atoms. The second-order valence-electron chi connectivity index (χ2n) is 5.70. The van der Waals surface area contributed by atoms with Crippen molar-refractivity contribution in [3.63, 3.8) is 0 Å². The fraction of sp³-hybridized carbons (Fsp3) is 0.538.